The normalized spacial score (nSPS) is 13.4. The number of nitrogens with zero attached hydrogens (tertiary/aromatic N) is 3. The number of aryl methyl sites for hydroxylation is 2. The fraction of sp³-hybridized carbons (Fsp3) is 0.476. The van der Waals surface area contributed by atoms with Gasteiger partial charge in [-0.25, -0.2) is 4.79 Å². The molecule has 1 aromatic carbocycles. The molecular formula is C21H29N5O4. The number of fused-ring (bicyclic) bond motifs is 1. The molecule has 3 aromatic rings. The number of H-pyrrole nitrogens is 1. The van der Waals surface area contributed by atoms with Crippen LogP contribution < -0.4 is 21.3 Å². The molecule has 0 saturated carbocycles. The van der Waals surface area contributed by atoms with E-state index in [2.05, 4.69) is 22.2 Å². The number of imidazole rings is 1. The Morgan fingerprint density at radius 2 is 2.07 bits per heavy atom. The molecule has 9 heteroatoms. The molecule has 0 amide bonds. The van der Waals surface area contributed by atoms with Crippen molar-refractivity contribution in [1.82, 2.24) is 19.1 Å². The van der Waals surface area contributed by atoms with Crippen LogP contribution >= 0.6 is 0 Å². The van der Waals surface area contributed by atoms with Gasteiger partial charge in [0, 0.05) is 13.1 Å². The van der Waals surface area contributed by atoms with Gasteiger partial charge < -0.3 is 19.7 Å². The van der Waals surface area contributed by atoms with Gasteiger partial charge in [-0.2, -0.15) is 4.98 Å². The first-order valence-electron chi connectivity index (χ1n) is 10.2. The number of aliphatic hydroxyl groups excluding tert-OH is 1. The number of aromatic amines is 1. The van der Waals surface area contributed by atoms with Gasteiger partial charge in [-0.05, 0) is 37.5 Å². The lowest BCUT2D eigenvalue weighted by molar-refractivity contribution is 0.0937. The molecule has 2 atom stereocenters. The van der Waals surface area contributed by atoms with E-state index in [0.29, 0.717) is 11.7 Å². The maximum atomic E-state index is 12.5. The number of aromatic nitrogens is 4. The highest BCUT2D eigenvalue weighted by Gasteiger charge is 2.20. The third kappa shape index (κ3) is 4.56. The summed E-state index contributed by atoms with van der Waals surface area (Å²) in [5, 5.41) is 13.9. The van der Waals surface area contributed by atoms with Crippen LogP contribution in [0.2, 0.25) is 0 Å². The lowest BCUT2D eigenvalue weighted by Gasteiger charge is -2.18. The standard InChI is InChI=1S/C21H29N5O4/c1-5-13(3)22-20-23-18-17(19(28)24-21(29)25(18)4)26(20)11-15(27)12-30-16-9-7-8-14(6-2)10-16/h7-10,13,15,27H,5-6,11-12H2,1-4H3,(H,22,23)(H,24,28,29)/t13-,15+/m0/s1. The Kier molecular flexibility index (Phi) is 6.61. The van der Waals surface area contributed by atoms with E-state index in [1.54, 1.807) is 11.6 Å². The molecule has 0 unspecified atom stereocenters. The van der Waals surface area contributed by atoms with Crippen LogP contribution in [-0.2, 0) is 20.0 Å². The number of anilines is 1. The summed E-state index contributed by atoms with van der Waals surface area (Å²) >= 11 is 0. The third-order valence-corrected chi connectivity index (χ3v) is 5.14. The van der Waals surface area contributed by atoms with Crippen molar-refractivity contribution >= 4 is 17.1 Å². The van der Waals surface area contributed by atoms with Crippen LogP contribution in [0.1, 0.15) is 32.8 Å². The molecule has 0 aliphatic heterocycles. The Bertz CT molecular complexity index is 1130. The van der Waals surface area contributed by atoms with Crippen LogP contribution in [0.25, 0.3) is 11.2 Å². The summed E-state index contributed by atoms with van der Waals surface area (Å²) in [6, 6.07) is 7.81. The quantitative estimate of drug-likeness (QED) is 0.490. The number of benzene rings is 1. The van der Waals surface area contributed by atoms with E-state index in [0.717, 1.165) is 18.4 Å². The van der Waals surface area contributed by atoms with Crippen molar-refractivity contribution in [3.05, 3.63) is 50.7 Å². The van der Waals surface area contributed by atoms with Crippen molar-refractivity contribution in [3.63, 3.8) is 0 Å². The van der Waals surface area contributed by atoms with Gasteiger partial charge in [0.25, 0.3) is 5.56 Å². The average molecular weight is 415 g/mol. The minimum atomic E-state index is -0.887. The van der Waals surface area contributed by atoms with Gasteiger partial charge in [0.2, 0.25) is 5.95 Å². The van der Waals surface area contributed by atoms with E-state index in [-0.39, 0.29) is 30.4 Å². The van der Waals surface area contributed by atoms with Gasteiger partial charge in [0.15, 0.2) is 11.2 Å². The molecule has 3 N–H and O–H groups in total. The van der Waals surface area contributed by atoms with Gasteiger partial charge in [0.1, 0.15) is 18.5 Å². The predicted octanol–water partition coefficient (Wildman–Crippen LogP) is 1.64. The van der Waals surface area contributed by atoms with Crippen molar-refractivity contribution < 1.29 is 9.84 Å². The van der Waals surface area contributed by atoms with Crippen LogP contribution in [0.15, 0.2) is 33.9 Å². The molecule has 2 aromatic heterocycles. The number of hydrogen-bond donors (Lipinski definition) is 3. The molecule has 2 heterocycles. The first-order chi connectivity index (χ1) is 14.3. The van der Waals surface area contributed by atoms with Gasteiger partial charge in [-0.3, -0.25) is 14.3 Å². The van der Waals surface area contributed by atoms with E-state index in [1.807, 2.05) is 38.1 Å². The fourth-order valence-electron chi connectivity index (χ4n) is 3.16. The summed E-state index contributed by atoms with van der Waals surface area (Å²) in [7, 11) is 1.55. The smallest absolute Gasteiger partial charge is 0.329 e. The SMILES string of the molecule is CCc1cccc(OC[C@H](O)Cn2c(N[C@@H](C)CC)nc3c2c(=O)[nH]c(=O)n3C)c1. The van der Waals surface area contributed by atoms with Crippen LogP contribution in [0.4, 0.5) is 5.95 Å². The molecule has 0 bridgehead atoms. The van der Waals surface area contributed by atoms with E-state index in [1.165, 1.54) is 4.57 Å². The monoisotopic (exact) mass is 415 g/mol. The van der Waals surface area contributed by atoms with Crippen molar-refractivity contribution in [2.75, 3.05) is 11.9 Å². The first kappa shape index (κ1) is 21.6. The van der Waals surface area contributed by atoms with E-state index >= 15 is 0 Å². The second-order valence-electron chi connectivity index (χ2n) is 7.46. The highest BCUT2D eigenvalue weighted by molar-refractivity contribution is 5.74. The Hall–Kier alpha value is -3.07. The Morgan fingerprint density at radius 3 is 2.77 bits per heavy atom. The zero-order valence-electron chi connectivity index (χ0n) is 17.8. The molecule has 0 radical (unpaired) electrons. The second-order valence-corrected chi connectivity index (χ2v) is 7.46. The summed E-state index contributed by atoms with van der Waals surface area (Å²) in [5.41, 5.74) is 0.567. The van der Waals surface area contributed by atoms with Crippen molar-refractivity contribution in [1.29, 1.82) is 0 Å². The van der Waals surface area contributed by atoms with E-state index in [9.17, 15) is 14.7 Å². The minimum Gasteiger partial charge on any atom is -0.491 e. The number of hydrogen-bond acceptors (Lipinski definition) is 6. The van der Waals surface area contributed by atoms with E-state index in [4.69, 9.17) is 4.74 Å². The Morgan fingerprint density at radius 1 is 1.30 bits per heavy atom. The largest absolute Gasteiger partial charge is 0.491 e. The van der Waals surface area contributed by atoms with Gasteiger partial charge in [0.05, 0.1) is 6.54 Å². The zero-order chi connectivity index (χ0) is 21.8. The summed E-state index contributed by atoms with van der Waals surface area (Å²) in [4.78, 5) is 31.2. The third-order valence-electron chi connectivity index (χ3n) is 5.14. The highest BCUT2D eigenvalue weighted by Crippen LogP contribution is 2.18. The highest BCUT2D eigenvalue weighted by atomic mass is 16.5. The van der Waals surface area contributed by atoms with Gasteiger partial charge in [-0.15, -0.1) is 0 Å². The number of aliphatic hydroxyl groups is 1. The molecule has 0 saturated heterocycles. The Balaban J connectivity index is 1.89. The predicted molar refractivity (Wildman–Crippen MR) is 116 cm³/mol. The number of rotatable bonds is 9. The number of nitrogens with one attached hydrogen (secondary N) is 2. The summed E-state index contributed by atoms with van der Waals surface area (Å²) in [6.45, 7) is 6.23. The van der Waals surface area contributed by atoms with Crippen molar-refractivity contribution in [2.45, 2.75) is 52.3 Å². The molecule has 9 nitrogen and oxygen atoms in total. The minimum absolute atomic E-state index is 0.0548. The topological polar surface area (TPSA) is 114 Å². The van der Waals surface area contributed by atoms with Crippen LogP contribution in [0, 0.1) is 0 Å². The van der Waals surface area contributed by atoms with Crippen molar-refractivity contribution in [2.24, 2.45) is 7.05 Å². The summed E-state index contributed by atoms with van der Waals surface area (Å²) in [5.74, 6) is 1.11. The molecule has 162 valence electrons. The second kappa shape index (κ2) is 9.17. The Labute approximate surface area is 174 Å². The fourth-order valence-corrected chi connectivity index (χ4v) is 3.16. The first-order valence-corrected chi connectivity index (χ1v) is 10.2. The van der Waals surface area contributed by atoms with Crippen molar-refractivity contribution in [3.8, 4) is 5.75 Å². The summed E-state index contributed by atoms with van der Waals surface area (Å²) < 4.78 is 8.63. The molecule has 0 aliphatic rings. The van der Waals surface area contributed by atoms with Crippen LogP contribution in [0.5, 0.6) is 5.75 Å². The maximum absolute atomic E-state index is 12.5. The maximum Gasteiger partial charge on any atom is 0.329 e. The molecule has 0 spiro atoms. The summed E-state index contributed by atoms with van der Waals surface area (Å²) in [6.07, 6.45) is 0.854. The van der Waals surface area contributed by atoms with Crippen LogP contribution in [-0.4, -0.2) is 43.0 Å². The molecule has 3 rings (SSSR count). The molecule has 0 fully saturated rings. The average Bonchev–Trinajstić information content (AvgIpc) is 3.09. The molecule has 0 aliphatic carbocycles. The van der Waals surface area contributed by atoms with E-state index < -0.39 is 17.4 Å². The molecular weight excluding hydrogens is 386 g/mol. The van der Waals surface area contributed by atoms with Gasteiger partial charge in [-0.1, -0.05) is 26.0 Å². The zero-order valence-corrected chi connectivity index (χ0v) is 17.8. The van der Waals surface area contributed by atoms with Gasteiger partial charge >= 0.3 is 5.69 Å². The van der Waals surface area contributed by atoms with Crippen LogP contribution in [0.3, 0.4) is 0 Å². The lowest BCUT2D eigenvalue weighted by Crippen LogP contribution is -2.31. The lowest BCUT2D eigenvalue weighted by atomic mass is 10.2. The molecule has 30 heavy (non-hydrogen) atoms. The number of ether oxygens (including phenoxy) is 1.